The Kier molecular flexibility index (Phi) is 1730. The summed E-state index contributed by atoms with van der Waals surface area (Å²) >= 11 is 0. The van der Waals surface area contributed by atoms with Crippen molar-refractivity contribution < 1.29 is 0 Å². The van der Waals surface area contributed by atoms with Gasteiger partial charge in [-0.25, -0.2) is 0 Å². The molecule has 0 saturated carbocycles. The van der Waals surface area contributed by atoms with E-state index in [1.54, 1.807) is 0 Å². The second-order valence-corrected chi connectivity index (χ2v) is 0. The first-order valence-electron chi connectivity index (χ1n) is 0. The third-order valence-corrected chi connectivity index (χ3v) is 0. The third-order valence-electron chi connectivity index (χ3n) is 0. The summed E-state index contributed by atoms with van der Waals surface area (Å²) in [6.07, 6.45) is 0. The molecular weight excluding hydrogens is 144 g/mol. The van der Waals surface area contributed by atoms with Gasteiger partial charge in [0.1, 0.15) is 0 Å². The van der Waals surface area contributed by atoms with Gasteiger partial charge in [0.25, 0.3) is 0 Å². The highest BCUT2D eigenvalue weighted by atomic mass is 27.0. The Morgan fingerprint density at radius 2 is 0.286 bits per heavy atom. The maximum atomic E-state index is 0. The lowest BCUT2D eigenvalue weighted by atomic mass is 12.0. The molecule has 0 aromatic rings. The van der Waals surface area contributed by atoms with Gasteiger partial charge in [-0.2, -0.15) is 0 Å². The molecule has 4 heteroatoms. The van der Waals surface area contributed by atoms with E-state index in [2.05, 4.69) is 0 Å². The molecule has 7 heavy (non-hydrogen) atoms. The zero-order valence-electron chi connectivity index (χ0n) is 2.31. The summed E-state index contributed by atoms with van der Waals surface area (Å²) in [5, 5.41) is 0. The number of hydrogen-bond donors (Lipinski definition) is 0. The highest BCUT2D eigenvalue weighted by Gasteiger charge is 0.00315. The number of hydrogen-bond acceptors (Lipinski definition) is 0. The zero-order valence-corrected chi connectivity index (χ0v) is 6.93. The molecule has 0 N–H and O–H groups in total. The van der Waals surface area contributed by atoms with Crippen LogP contribution in [0.1, 0.15) is 22.3 Å². The van der Waals surface area contributed by atoms with Crippen LogP contribution in [0.5, 0.6) is 0 Å². The summed E-state index contributed by atoms with van der Waals surface area (Å²) < 4.78 is 0. The Morgan fingerprint density at radius 3 is 0.286 bits per heavy atom. The van der Waals surface area contributed by atoms with Crippen molar-refractivity contribution in [3.05, 3.63) is 0 Å². The van der Waals surface area contributed by atoms with E-state index in [1.165, 1.54) is 0 Å². The van der Waals surface area contributed by atoms with Gasteiger partial charge in [0.2, 0.25) is 0 Å². The minimum atomic E-state index is 0. The average Bonchev–Trinajstić information content (AvgIpc) is 0. The summed E-state index contributed by atoms with van der Waals surface area (Å²) in [5.41, 5.74) is 0. The summed E-state index contributed by atoms with van der Waals surface area (Å²) in [7, 11) is 0. The summed E-state index contributed by atoms with van der Waals surface area (Å²) in [6.45, 7) is 0. The fourth-order valence-corrected chi connectivity index (χ4v) is 0. The van der Waals surface area contributed by atoms with Crippen LogP contribution < -0.4 is 0 Å². The molecule has 0 aliphatic carbocycles. The Hall–Kier alpha value is 2.13. The third kappa shape index (κ3) is 67.3. The van der Waals surface area contributed by atoms with Gasteiger partial charge < -0.3 is 0 Å². The van der Waals surface area contributed by atoms with Crippen molar-refractivity contribution in [2.45, 2.75) is 22.3 Å². The fraction of sp³-hybridized carbons (Fsp3) is 1.00. The smallest absolute Gasteiger partial charge is 0 e. The molecule has 36 valence electrons. The summed E-state index contributed by atoms with van der Waals surface area (Å²) in [6, 6.07) is 0. The quantitative estimate of drug-likeness (QED) is 0.445. The first-order chi connectivity index (χ1) is 0. The Bertz CT molecular complexity index is 6.90. The molecule has 0 rings (SSSR count). The molecule has 0 nitrogen and oxygen atoms in total. The molecule has 0 aliphatic heterocycles. The van der Waals surface area contributed by atoms with E-state index in [0.717, 1.165) is 0 Å². The highest BCUT2D eigenvalue weighted by molar-refractivity contribution is 5.76. The molecule has 0 heterocycles. The molecule has 0 amide bonds. The van der Waals surface area contributed by atoms with Crippen LogP contribution in [0.25, 0.3) is 0 Å². The lowest BCUT2D eigenvalue weighted by Gasteiger charge is -0.0786. The normalized spacial score (nSPS) is 0. The molecule has 0 aliphatic rings. The van der Waals surface area contributed by atoms with Crippen molar-refractivity contribution in [3.8, 4) is 0 Å². The van der Waals surface area contributed by atoms with Crippen LogP contribution in [0.2, 0.25) is 0 Å². The van der Waals surface area contributed by atoms with E-state index in [9.17, 15) is 0 Å². The fourth-order valence-electron chi connectivity index (χ4n) is 0. The predicted molar refractivity (Wildman–Crippen MR) is 43.2 cm³/mol. The molecule has 0 unspecified atom stereocenters. The molecule has 0 aromatic carbocycles. The summed E-state index contributed by atoms with van der Waals surface area (Å²) in [4.78, 5) is 0. The molecular formula is C3H12Al4. The van der Waals surface area contributed by atoms with Crippen molar-refractivity contribution >= 4 is 69.4 Å². The Morgan fingerprint density at radius 1 is 0.286 bits per heavy atom. The average molecular weight is 156 g/mol. The topological polar surface area (TPSA) is 0 Å². The second-order valence-electron chi connectivity index (χ2n) is 0. The van der Waals surface area contributed by atoms with Crippen LogP contribution in [0.4, 0.5) is 0 Å². The maximum absolute atomic E-state index is 0. The van der Waals surface area contributed by atoms with Gasteiger partial charge in [-0.05, 0) is 0 Å². The van der Waals surface area contributed by atoms with E-state index in [-0.39, 0.29) is 91.7 Å². The van der Waals surface area contributed by atoms with E-state index in [1.807, 2.05) is 0 Å². The van der Waals surface area contributed by atoms with Crippen LogP contribution in [0.3, 0.4) is 0 Å². The largest absolute Gasteiger partial charge is 0.0776 e. The van der Waals surface area contributed by atoms with Gasteiger partial charge in [0.05, 0.1) is 0 Å². The molecule has 0 bridgehead atoms. The molecule has 0 fully saturated rings. The van der Waals surface area contributed by atoms with Crippen LogP contribution in [0.15, 0.2) is 0 Å². The highest BCUT2D eigenvalue weighted by Crippen LogP contribution is 0.146. The minimum absolute atomic E-state index is 0. The van der Waals surface area contributed by atoms with Crippen LogP contribution in [0, 0.1) is 0 Å². The maximum Gasteiger partial charge on any atom is 0 e. The molecule has 12 radical (unpaired) electrons. The van der Waals surface area contributed by atoms with Crippen LogP contribution in [-0.2, 0) is 0 Å². The molecule has 0 atom stereocenters. The van der Waals surface area contributed by atoms with Gasteiger partial charge >= 0.3 is 0 Å². The van der Waals surface area contributed by atoms with Crippen LogP contribution in [-0.4, -0.2) is 69.4 Å². The van der Waals surface area contributed by atoms with Gasteiger partial charge in [-0.1, -0.05) is 22.3 Å². The standard InChI is InChI=1S/3CH4.4Al/h3*1H4;;;;. The predicted octanol–water partition coefficient (Wildman–Crippen LogP) is 0.385. The zero-order chi connectivity index (χ0) is 0. The van der Waals surface area contributed by atoms with Gasteiger partial charge in [-0.3, -0.25) is 0 Å². The lowest BCUT2D eigenvalue weighted by molar-refractivity contribution is 2.50. The summed E-state index contributed by atoms with van der Waals surface area (Å²) in [5.74, 6) is 0. The van der Waals surface area contributed by atoms with Crippen molar-refractivity contribution in [1.29, 1.82) is 0 Å². The van der Waals surface area contributed by atoms with Crippen LogP contribution >= 0.6 is 0 Å². The SMILES string of the molecule is C.C.C.[Al].[Al].[Al].[Al]. The Labute approximate surface area is 91.0 Å². The lowest BCUT2D eigenvalue weighted by Crippen LogP contribution is -0.382. The van der Waals surface area contributed by atoms with Gasteiger partial charge in [-0.15, -0.1) is 0 Å². The number of rotatable bonds is 0. The van der Waals surface area contributed by atoms with E-state index >= 15 is 0 Å². The molecule has 0 aromatic heterocycles. The van der Waals surface area contributed by atoms with Crippen molar-refractivity contribution in [3.63, 3.8) is 0 Å². The van der Waals surface area contributed by atoms with Gasteiger partial charge in [0.15, 0.2) is 0 Å². The van der Waals surface area contributed by atoms with Gasteiger partial charge in [0, 0.05) is 69.4 Å². The van der Waals surface area contributed by atoms with Crippen molar-refractivity contribution in [2.75, 3.05) is 0 Å². The van der Waals surface area contributed by atoms with E-state index < -0.39 is 0 Å². The molecule has 0 saturated heterocycles. The van der Waals surface area contributed by atoms with E-state index in [0.29, 0.717) is 0 Å². The Balaban J connectivity index is 0. The van der Waals surface area contributed by atoms with E-state index in [4.69, 9.17) is 0 Å². The second kappa shape index (κ2) is 91.1. The monoisotopic (exact) mass is 156 g/mol. The van der Waals surface area contributed by atoms with Crippen molar-refractivity contribution in [1.82, 2.24) is 0 Å². The van der Waals surface area contributed by atoms with Crippen molar-refractivity contribution in [2.24, 2.45) is 0 Å². The molecule has 0 spiro atoms. The minimum Gasteiger partial charge on any atom is -0.0776 e. The first kappa shape index (κ1) is 133. The first-order valence-corrected chi connectivity index (χ1v) is 0.